The van der Waals surface area contributed by atoms with Gasteiger partial charge in [0.05, 0.1) is 84.1 Å². The molecular weight excluding hydrogens is 610 g/mol. The number of aromatic nitrogens is 1. The van der Waals surface area contributed by atoms with E-state index in [1.165, 1.54) is 11.1 Å². The van der Waals surface area contributed by atoms with Gasteiger partial charge in [-0.15, -0.1) is 0 Å². The number of rotatable bonds is 19. The summed E-state index contributed by atoms with van der Waals surface area (Å²) in [5, 5.41) is 2.91. The number of methoxy groups -OCH3 is 1. The van der Waals surface area contributed by atoms with Crippen LogP contribution in [0.1, 0.15) is 5.56 Å². The Hall–Kier alpha value is -2.67. The van der Waals surface area contributed by atoms with Crippen molar-refractivity contribution in [2.75, 3.05) is 91.9 Å². The molecule has 1 aromatic heterocycles. The molecule has 0 saturated carbocycles. The van der Waals surface area contributed by atoms with Crippen molar-refractivity contribution >= 4 is 26.7 Å². The van der Waals surface area contributed by atoms with Crippen LogP contribution in [0.5, 0.6) is 23.0 Å². The first-order valence-corrected chi connectivity index (χ1v) is 15.4. The fraction of sp³-hybridized carbons (Fsp3) is 0.516. The summed E-state index contributed by atoms with van der Waals surface area (Å²) in [5.41, 5.74) is 3.58. The van der Waals surface area contributed by atoms with Crippen molar-refractivity contribution in [2.24, 2.45) is 0 Å². The molecule has 0 amide bonds. The van der Waals surface area contributed by atoms with Crippen molar-refractivity contribution < 1.29 is 47.2 Å². The van der Waals surface area contributed by atoms with E-state index < -0.39 is 0 Å². The second kappa shape index (κ2) is 16.3. The van der Waals surface area contributed by atoms with Crippen LogP contribution in [0.3, 0.4) is 0 Å². The first-order valence-electron chi connectivity index (χ1n) is 14.3. The van der Waals surface area contributed by atoms with Gasteiger partial charge in [0.2, 0.25) is 12.5 Å². The number of halogens is 1. The number of benzene rings is 2. The fourth-order valence-corrected chi connectivity index (χ4v) is 5.17. The predicted molar refractivity (Wildman–Crippen MR) is 159 cm³/mol. The number of alkyl halides is 1. The molecule has 0 saturated heterocycles. The third kappa shape index (κ3) is 8.03. The number of hydrogen-bond acceptors (Lipinski definition) is 9. The Balaban J connectivity index is 1.04. The molecule has 2 aliphatic heterocycles. The van der Waals surface area contributed by atoms with Crippen LogP contribution in [0.25, 0.3) is 22.0 Å². The second-order valence-electron chi connectivity index (χ2n) is 9.66. The number of aryl methyl sites for hydroxylation is 2. The molecule has 11 heteroatoms. The summed E-state index contributed by atoms with van der Waals surface area (Å²) in [7, 11) is 1.66. The molecule has 3 aromatic rings. The Morgan fingerprint density at radius 1 is 0.762 bits per heavy atom. The van der Waals surface area contributed by atoms with Gasteiger partial charge in [-0.05, 0) is 35.2 Å². The van der Waals surface area contributed by atoms with Gasteiger partial charge in [0.1, 0.15) is 6.61 Å². The van der Waals surface area contributed by atoms with Crippen LogP contribution in [0.2, 0.25) is 0 Å². The van der Waals surface area contributed by atoms with Crippen LogP contribution in [0.4, 0.5) is 0 Å². The maximum Gasteiger partial charge on any atom is 0.231 e. The largest absolute Gasteiger partial charge is 0.493 e. The van der Waals surface area contributed by atoms with Crippen molar-refractivity contribution in [3.05, 3.63) is 42.1 Å². The monoisotopic (exact) mass is 648 g/mol. The van der Waals surface area contributed by atoms with Crippen LogP contribution in [-0.2, 0) is 36.6 Å². The Labute approximate surface area is 254 Å². The zero-order valence-corrected chi connectivity index (χ0v) is 25.7. The summed E-state index contributed by atoms with van der Waals surface area (Å²) in [6, 6.07) is 10.4. The number of hydrogen-bond donors (Lipinski definition) is 0. The zero-order valence-electron chi connectivity index (χ0n) is 24.1. The molecular formula is C31H39BrNO9+. The highest BCUT2D eigenvalue weighted by molar-refractivity contribution is 9.09. The summed E-state index contributed by atoms with van der Waals surface area (Å²) in [5.74, 6) is 3.03. The Kier molecular flexibility index (Phi) is 11.9. The molecule has 0 unspecified atom stereocenters. The van der Waals surface area contributed by atoms with Crippen molar-refractivity contribution in [2.45, 2.75) is 13.0 Å². The highest BCUT2D eigenvalue weighted by Crippen LogP contribution is 2.41. The minimum atomic E-state index is 0.272. The number of fused-ring (bicyclic) bond motifs is 5. The van der Waals surface area contributed by atoms with Gasteiger partial charge in [0.25, 0.3) is 0 Å². The second-order valence-corrected chi connectivity index (χ2v) is 10.5. The fourth-order valence-electron chi connectivity index (χ4n) is 4.95. The van der Waals surface area contributed by atoms with Crippen molar-refractivity contribution in [3.8, 4) is 34.3 Å². The summed E-state index contributed by atoms with van der Waals surface area (Å²) < 4.78 is 52.9. The molecule has 5 rings (SSSR count). The highest BCUT2D eigenvalue weighted by atomic mass is 79.9. The quantitative estimate of drug-likeness (QED) is 0.109. The van der Waals surface area contributed by atoms with Crippen LogP contribution in [0, 0.1) is 0 Å². The molecule has 0 atom stereocenters. The van der Waals surface area contributed by atoms with Gasteiger partial charge in [-0.1, -0.05) is 15.9 Å². The van der Waals surface area contributed by atoms with E-state index in [1.807, 2.05) is 6.07 Å². The van der Waals surface area contributed by atoms with E-state index >= 15 is 0 Å². The molecule has 42 heavy (non-hydrogen) atoms. The Bertz CT molecular complexity index is 1310. The molecule has 228 valence electrons. The van der Waals surface area contributed by atoms with E-state index in [4.69, 9.17) is 42.6 Å². The van der Waals surface area contributed by atoms with Gasteiger partial charge in [-0.25, -0.2) is 0 Å². The van der Waals surface area contributed by atoms with Crippen LogP contribution < -0.4 is 23.5 Å². The van der Waals surface area contributed by atoms with Gasteiger partial charge in [0, 0.05) is 17.8 Å². The minimum Gasteiger partial charge on any atom is -0.493 e. The number of nitrogens with zero attached hydrogens (tertiary/aromatic N) is 1. The molecule has 0 N–H and O–H groups in total. The molecule has 0 fully saturated rings. The lowest BCUT2D eigenvalue weighted by molar-refractivity contribution is -0.686. The molecule has 2 aromatic carbocycles. The molecule has 2 aliphatic rings. The normalized spacial score (nSPS) is 13.3. The van der Waals surface area contributed by atoms with Crippen LogP contribution in [-0.4, -0.2) is 91.9 Å². The summed E-state index contributed by atoms with van der Waals surface area (Å²) in [4.78, 5) is 0. The third-order valence-electron chi connectivity index (χ3n) is 6.98. The lowest BCUT2D eigenvalue weighted by Crippen LogP contribution is -2.40. The maximum absolute atomic E-state index is 6.20. The molecule has 0 aliphatic carbocycles. The predicted octanol–water partition coefficient (Wildman–Crippen LogP) is 3.94. The van der Waals surface area contributed by atoms with Gasteiger partial charge >= 0.3 is 0 Å². The topological polar surface area (TPSA) is 87.0 Å². The van der Waals surface area contributed by atoms with Crippen molar-refractivity contribution in [3.63, 3.8) is 0 Å². The van der Waals surface area contributed by atoms with Gasteiger partial charge in [-0.3, -0.25) is 0 Å². The minimum absolute atomic E-state index is 0.272. The average molecular weight is 650 g/mol. The Morgan fingerprint density at radius 2 is 1.38 bits per heavy atom. The Morgan fingerprint density at radius 3 is 2.02 bits per heavy atom. The smallest absolute Gasteiger partial charge is 0.231 e. The van der Waals surface area contributed by atoms with Crippen molar-refractivity contribution in [1.82, 2.24) is 0 Å². The van der Waals surface area contributed by atoms with E-state index in [0.29, 0.717) is 84.2 Å². The number of ether oxygens (including phenoxy) is 9. The average Bonchev–Trinajstić information content (AvgIpc) is 3.48. The van der Waals surface area contributed by atoms with E-state index in [2.05, 4.69) is 51.0 Å². The maximum atomic E-state index is 6.20. The SMILES string of the molecule is COc1ccc2cc3[n+](cc2c1OCCOCCOCCOCCOCCOCCBr)CCc1cc2c(cc1-3)OCO2. The molecule has 3 heterocycles. The van der Waals surface area contributed by atoms with E-state index in [-0.39, 0.29) is 6.79 Å². The highest BCUT2D eigenvalue weighted by Gasteiger charge is 2.28. The lowest BCUT2D eigenvalue weighted by atomic mass is 9.95. The van der Waals surface area contributed by atoms with E-state index in [0.717, 1.165) is 46.3 Å². The van der Waals surface area contributed by atoms with Gasteiger partial charge < -0.3 is 42.6 Å². The molecule has 0 bridgehead atoms. The first kappa shape index (κ1) is 30.8. The van der Waals surface area contributed by atoms with Crippen LogP contribution >= 0.6 is 15.9 Å². The zero-order chi connectivity index (χ0) is 29.0. The summed E-state index contributed by atoms with van der Waals surface area (Å²) in [6.07, 6.45) is 3.07. The summed E-state index contributed by atoms with van der Waals surface area (Å²) >= 11 is 3.31. The van der Waals surface area contributed by atoms with E-state index in [9.17, 15) is 0 Å². The van der Waals surface area contributed by atoms with Crippen molar-refractivity contribution in [1.29, 1.82) is 0 Å². The molecule has 10 nitrogen and oxygen atoms in total. The number of pyridine rings is 1. The van der Waals surface area contributed by atoms with Crippen LogP contribution in [0.15, 0.2) is 36.5 Å². The standard InChI is InChI=1S/C31H39BrNO9/c1-34-28-3-2-23-18-27-25-20-30-29(41-22-42-30)19-24(25)4-6-33(27)21-26(23)31(28)40-17-16-39-15-14-38-13-12-37-11-10-36-9-8-35-7-5-32/h2-3,18-21H,4-17,22H2,1H3/q+1. The molecule has 0 radical (unpaired) electrons. The lowest BCUT2D eigenvalue weighted by Gasteiger charge is -2.18. The first-order chi connectivity index (χ1) is 20.8. The third-order valence-corrected chi connectivity index (χ3v) is 7.30. The van der Waals surface area contributed by atoms with Gasteiger partial charge in [0.15, 0.2) is 35.7 Å². The summed E-state index contributed by atoms with van der Waals surface area (Å²) in [6.45, 7) is 6.92. The molecule has 0 spiro atoms. The van der Waals surface area contributed by atoms with Gasteiger partial charge in [-0.2, -0.15) is 4.57 Å². The van der Waals surface area contributed by atoms with E-state index in [1.54, 1.807) is 7.11 Å².